The molecule has 0 aliphatic heterocycles. The standard InChI is InChI=1S/C20H24N2O3S/c1-3-6-12-9-10-14-16(11-12)26-20(17(14)18(21)23)22-19(24)13-7-4-5-8-15(13)25-2/h4-5,7-8,12H,3,6,9-11H2,1-2H3,(H2,21,23)(H,22,24). The summed E-state index contributed by atoms with van der Waals surface area (Å²) in [5.41, 5.74) is 7.56. The van der Waals surface area contributed by atoms with Gasteiger partial charge in [0, 0.05) is 4.88 Å². The van der Waals surface area contributed by atoms with Crippen LogP contribution in [-0.4, -0.2) is 18.9 Å². The van der Waals surface area contributed by atoms with Crippen molar-refractivity contribution in [3.05, 3.63) is 45.8 Å². The van der Waals surface area contributed by atoms with E-state index in [9.17, 15) is 9.59 Å². The van der Waals surface area contributed by atoms with Gasteiger partial charge in [-0.3, -0.25) is 9.59 Å². The van der Waals surface area contributed by atoms with Gasteiger partial charge >= 0.3 is 0 Å². The Hall–Kier alpha value is -2.34. The molecule has 1 aliphatic carbocycles. The van der Waals surface area contributed by atoms with E-state index in [4.69, 9.17) is 10.5 Å². The number of rotatable bonds is 6. The smallest absolute Gasteiger partial charge is 0.260 e. The zero-order valence-electron chi connectivity index (χ0n) is 15.1. The summed E-state index contributed by atoms with van der Waals surface area (Å²) >= 11 is 1.48. The highest BCUT2D eigenvalue weighted by Crippen LogP contribution is 2.40. The molecule has 3 rings (SSSR count). The fourth-order valence-electron chi connectivity index (χ4n) is 3.66. The fraction of sp³-hybridized carbons (Fsp3) is 0.400. The number of nitrogens with one attached hydrogen (secondary N) is 1. The highest BCUT2D eigenvalue weighted by molar-refractivity contribution is 7.17. The second-order valence-corrected chi connectivity index (χ2v) is 7.73. The molecule has 138 valence electrons. The second-order valence-electron chi connectivity index (χ2n) is 6.62. The molecule has 0 spiro atoms. The summed E-state index contributed by atoms with van der Waals surface area (Å²) in [5.74, 6) is 0.361. The van der Waals surface area contributed by atoms with E-state index in [1.54, 1.807) is 18.2 Å². The summed E-state index contributed by atoms with van der Waals surface area (Å²) < 4.78 is 5.26. The molecule has 2 amide bonds. The van der Waals surface area contributed by atoms with Crippen LogP contribution in [0, 0.1) is 5.92 Å². The van der Waals surface area contributed by atoms with Crippen molar-refractivity contribution >= 4 is 28.2 Å². The van der Waals surface area contributed by atoms with E-state index < -0.39 is 5.91 Å². The lowest BCUT2D eigenvalue weighted by Crippen LogP contribution is -2.20. The molecule has 3 N–H and O–H groups in total. The molecule has 0 radical (unpaired) electrons. The zero-order valence-corrected chi connectivity index (χ0v) is 15.9. The Morgan fingerprint density at radius 1 is 1.35 bits per heavy atom. The number of amides is 2. The molecule has 0 saturated carbocycles. The number of fused-ring (bicyclic) bond motifs is 1. The quantitative estimate of drug-likeness (QED) is 0.804. The monoisotopic (exact) mass is 372 g/mol. The third-order valence-corrected chi connectivity index (χ3v) is 6.06. The average Bonchev–Trinajstić information content (AvgIpc) is 2.99. The van der Waals surface area contributed by atoms with Gasteiger partial charge in [0.1, 0.15) is 10.8 Å². The van der Waals surface area contributed by atoms with Crippen LogP contribution in [0.1, 0.15) is 57.3 Å². The second kappa shape index (κ2) is 7.91. The fourth-order valence-corrected chi connectivity index (χ4v) is 5.02. The number of benzene rings is 1. The van der Waals surface area contributed by atoms with Gasteiger partial charge in [-0.2, -0.15) is 0 Å². The molecule has 0 fully saturated rings. The number of methoxy groups -OCH3 is 1. The number of hydrogen-bond acceptors (Lipinski definition) is 4. The predicted molar refractivity (Wildman–Crippen MR) is 104 cm³/mol. The van der Waals surface area contributed by atoms with Gasteiger partial charge in [-0.1, -0.05) is 31.9 Å². The zero-order chi connectivity index (χ0) is 18.7. The van der Waals surface area contributed by atoms with E-state index in [1.807, 2.05) is 6.07 Å². The lowest BCUT2D eigenvalue weighted by Gasteiger charge is -2.21. The molecule has 26 heavy (non-hydrogen) atoms. The molecule has 0 saturated heterocycles. The maximum Gasteiger partial charge on any atom is 0.260 e. The van der Waals surface area contributed by atoms with Crippen molar-refractivity contribution in [2.75, 3.05) is 12.4 Å². The number of carbonyl (C=O) groups is 2. The molecule has 5 nitrogen and oxygen atoms in total. The SMILES string of the molecule is CCCC1CCc2c(sc(NC(=O)c3ccccc3OC)c2C(N)=O)C1. The van der Waals surface area contributed by atoms with Crippen LogP contribution < -0.4 is 15.8 Å². The number of ether oxygens (including phenoxy) is 1. The average molecular weight is 372 g/mol. The van der Waals surface area contributed by atoms with Crippen LogP contribution in [0.25, 0.3) is 0 Å². The number of thiophene rings is 1. The van der Waals surface area contributed by atoms with Gasteiger partial charge in [-0.15, -0.1) is 11.3 Å². The summed E-state index contributed by atoms with van der Waals surface area (Å²) in [4.78, 5) is 25.9. The van der Waals surface area contributed by atoms with Gasteiger partial charge in [-0.25, -0.2) is 0 Å². The van der Waals surface area contributed by atoms with Crippen LogP contribution in [0.3, 0.4) is 0 Å². The molecule has 1 aliphatic rings. The Morgan fingerprint density at radius 2 is 2.12 bits per heavy atom. The molecule has 1 aromatic heterocycles. The summed E-state index contributed by atoms with van der Waals surface area (Å²) in [6, 6.07) is 7.02. The molecule has 6 heteroatoms. The van der Waals surface area contributed by atoms with Gasteiger partial charge in [0.05, 0.1) is 18.2 Å². The van der Waals surface area contributed by atoms with Gasteiger partial charge in [0.25, 0.3) is 11.8 Å². The first-order valence-corrected chi connectivity index (χ1v) is 9.75. The van der Waals surface area contributed by atoms with Gasteiger partial charge in [0.15, 0.2) is 0 Å². The summed E-state index contributed by atoms with van der Waals surface area (Å²) in [6.45, 7) is 2.19. The van der Waals surface area contributed by atoms with Crippen molar-refractivity contribution in [3.8, 4) is 5.75 Å². The maximum atomic E-state index is 12.7. The van der Waals surface area contributed by atoms with Crippen LogP contribution in [0.15, 0.2) is 24.3 Å². The van der Waals surface area contributed by atoms with Crippen molar-refractivity contribution < 1.29 is 14.3 Å². The van der Waals surface area contributed by atoms with Gasteiger partial charge in [0.2, 0.25) is 0 Å². The van der Waals surface area contributed by atoms with E-state index in [-0.39, 0.29) is 5.91 Å². The van der Waals surface area contributed by atoms with E-state index in [2.05, 4.69) is 12.2 Å². The van der Waals surface area contributed by atoms with Crippen LogP contribution in [0.4, 0.5) is 5.00 Å². The van der Waals surface area contributed by atoms with Crippen molar-refractivity contribution in [2.24, 2.45) is 11.7 Å². The van der Waals surface area contributed by atoms with Crippen LogP contribution in [0.2, 0.25) is 0 Å². The summed E-state index contributed by atoms with van der Waals surface area (Å²) in [5, 5.41) is 3.44. The maximum absolute atomic E-state index is 12.7. The molecule has 1 aromatic carbocycles. The molecule has 0 bridgehead atoms. The van der Waals surface area contributed by atoms with Crippen LogP contribution in [-0.2, 0) is 12.8 Å². The number of primary amides is 1. The predicted octanol–water partition coefficient (Wildman–Crippen LogP) is 4.01. The van der Waals surface area contributed by atoms with Gasteiger partial charge < -0.3 is 15.8 Å². The van der Waals surface area contributed by atoms with E-state index in [0.717, 1.165) is 31.2 Å². The minimum atomic E-state index is -0.480. The third-order valence-electron chi connectivity index (χ3n) is 4.89. The molecule has 1 atom stereocenters. The molecular formula is C20H24N2O3S. The Labute approximate surface area is 157 Å². The lowest BCUT2D eigenvalue weighted by molar-refractivity contribution is 0.1000. The topological polar surface area (TPSA) is 81.4 Å². The number of para-hydroxylation sites is 1. The Balaban J connectivity index is 1.91. The van der Waals surface area contributed by atoms with Crippen molar-refractivity contribution in [1.29, 1.82) is 0 Å². The largest absolute Gasteiger partial charge is 0.496 e. The summed E-state index contributed by atoms with van der Waals surface area (Å²) in [6.07, 6.45) is 5.22. The number of carbonyl (C=O) groups excluding carboxylic acids is 2. The van der Waals surface area contributed by atoms with Crippen LogP contribution in [0.5, 0.6) is 5.75 Å². The number of hydrogen-bond donors (Lipinski definition) is 2. The van der Waals surface area contributed by atoms with Crippen molar-refractivity contribution in [3.63, 3.8) is 0 Å². The highest BCUT2D eigenvalue weighted by atomic mass is 32.1. The first kappa shape index (κ1) is 18.5. The van der Waals surface area contributed by atoms with Crippen LogP contribution >= 0.6 is 11.3 Å². The normalized spacial score (nSPS) is 16.0. The Bertz CT molecular complexity index is 828. The molecule has 1 heterocycles. The Morgan fingerprint density at radius 3 is 2.81 bits per heavy atom. The highest BCUT2D eigenvalue weighted by Gasteiger charge is 2.28. The van der Waals surface area contributed by atoms with Crippen molar-refractivity contribution in [1.82, 2.24) is 0 Å². The third kappa shape index (κ3) is 3.60. The number of anilines is 1. The minimum Gasteiger partial charge on any atom is -0.496 e. The minimum absolute atomic E-state index is 0.298. The van der Waals surface area contributed by atoms with Crippen molar-refractivity contribution in [2.45, 2.75) is 39.0 Å². The molecule has 1 unspecified atom stereocenters. The van der Waals surface area contributed by atoms with E-state index in [0.29, 0.717) is 27.8 Å². The first-order chi connectivity index (χ1) is 12.5. The van der Waals surface area contributed by atoms with E-state index >= 15 is 0 Å². The Kier molecular flexibility index (Phi) is 5.61. The lowest BCUT2D eigenvalue weighted by atomic mass is 9.84. The molecule has 2 aromatic rings. The first-order valence-electron chi connectivity index (χ1n) is 8.93. The van der Waals surface area contributed by atoms with Gasteiger partial charge in [-0.05, 0) is 42.9 Å². The molecular weight excluding hydrogens is 348 g/mol. The van der Waals surface area contributed by atoms with E-state index in [1.165, 1.54) is 29.7 Å². The number of nitrogens with two attached hydrogens (primary N) is 1. The summed E-state index contributed by atoms with van der Waals surface area (Å²) in [7, 11) is 1.53.